The number of ether oxygens (including phenoxy) is 1. The summed E-state index contributed by atoms with van der Waals surface area (Å²) in [5.74, 6) is -0.600. The van der Waals surface area contributed by atoms with E-state index in [1.165, 1.54) is 0 Å². The van der Waals surface area contributed by atoms with Gasteiger partial charge in [0, 0.05) is 0 Å². The van der Waals surface area contributed by atoms with Crippen LogP contribution in [0.3, 0.4) is 0 Å². The van der Waals surface area contributed by atoms with Gasteiger partial charge in [-0.3, -0.25) is 0 Å². The predicted molar refractivity (Wildman–Crippen MR) is 47.1 cm³/mol. The first-order chi connectivity index (χ1) is 5.50. The maximum Gasteiger partial charge on any atom is 0.336 e. The number of halogens is 1. The fraction of sp³-hybridized carbons (Fsp3) is 0.875. The summed E-state index contributed by atoms with van der Waals surface area (Å²) in [6, 6.07) is 0. The van der Waals surface area contributed by atoms with Gasteiger partial charge < -0.3 is 9.84 Å². The minimum Gasteiger partial charge on any atom is -0.464 e. The molecule has 0 aromatic carbocycles. The van der Waals surface area contributed by atoms with E-state index in [2.05, 4.69) is 4.74 Å². The number of aliphatic hydroxyl groups excluding tert-OH is 1. The topological polar surface area (TPSA) is 46.5 Å². The van der Waals surface area contributed by atoms with Gasteiger partial charge in [-0.2, -0.15) is 0 Å². The highest BCUT2D eigenvalue weighted by atomic mass is 35.5. The molecule has 0 bridgehead atoms. The maximum atomic E-state index is 10.9. The third kappa shape index (κ3) is 3.41. The standard InChI is InChI=1S/C8H15ClO3/c1-4-12-8(11)7(10)6(9)5(2)3/h5-7,10H,4H2,1-3H3/t6?,7-/m1/s1. The third-order valence-electron chi connectivity index (χ3n) is 1.47. The average molecular weight is 195 g/mol. The Hall–Kier alpha value is -0.280. The summed E-state index contributed by atoms with van der Waals surface area (Å²) in [5, 5.41) is 8.70. The van der Waals surface area contributed by atoms with Gasteiger partial charge in [0.1, 0.15) is 0 Å². The molecule has 0 rings (SSSR count). The summed E-state index contributed by atoms with van der Waals surface area (Å²) < 4.78 is 4.60. The van der Waals surface area contributed by atoms with Crippen LogP contribution in [0.5, 0.6) is 0 Å². The Bertz CT molecular complexity index is 147. The lowest BCUT2D eigenvalue weighted by Gasteiger charge is -2.18. The van der Waals surface area contributed by atoms with Crippen molar-refractivity contribution in [1.82, 2.24) is 0 Å². The number of hydrogen-bond donors (Lipinski definition) is 1. The summed E-state index contributed by atoms with van der Waals surface area (Å²) in [5.41, 5.74) is 0. The van der Waals surface area contributed by atoms with Crippen LogP contribution in [-0.2, 0) is 9.53 Å². The highest BCUT2D eigenvalue weighted by Crippen LogP contribution is 2.14. The van der Waals surface area contributed by atoms with Crippen LogP contribution in [0, 0.1) is 5.92 Å². The number of carbonyl (C=O) groups is 1. The number of rotatable bonds is 4. The summed E-state index contributed by atoms with van der Waals surface area (Å²) in [6.07, 6.45) is -1.22. The number of aliphatic hydroxyl groups is 1. The Kier molecular flexibility index (Phi) is 5.25. The molecule has 0 spiro atoms. The highest BCUT2D eigenvalue weighted by molar-refractivity contribution is 6.22. The molecule has 0 heterocycles. The predicted octanol–water partition coefficient (Wildman–Crippen LogP) is 1.17. The molecule has 0 aliphatic heterocycles. The Morgan fingerprint density at radius 2 is 2.08 bits per heavy atom. The van der Waals surface area contributed by atoms with Gasteiger partial charge in [-0.1, -0.05) is 13.8 Å². The van der Waals surface area contributed by atoms with E-state index in [1.54, 1.807) is 6.92 Å². The molecule has 1 unspecified atom stereocenters. The van der Waals surface area contributed by atoms with Crippen molar-refractivity contribution >= 4 is 17.6 Å². The van der Waals surface area contributed by atoms with Crippen LogP contribution in [0.4, 0.5) is 0 Å². The smallest absolute Gasteiger partial charge is 0.336 e. The van der Waals surface area contributed by atoms with Crippen molar-refractivity contribution in [3.05, 3.63) is 0 Å². The van der Waals surface area contributed by atoms with Crippen molar-refractivity contribution in [2.45, 2.75) is 32.3 Å². The molecule has 0 aliphatic carbocycles. The van der Waals surface area contributed by atoms with Gasteiger partial charge in [-0.15, -0.1) is 11.6 Å². The molecule has 0 saturated heterocycles. The first kappa shape index (κ1) is 11.7. The van der Waals surface area contributed by atoms with Gasteiger partial charge in [0.05, 0.1) is 12.0 Å². The molecular weight excluding hydrogens is 180 g/mol. The summed E-state index contributed by atoms with van der Waals surface area (Å²) in [7, 11) is 0. The second-order valence-electron chi connectivity index (χ2n) is 2.89. The van der Waals surface area contributed by atoms with Crippen LogP contribution in [0.15, 0.2) is 0 Å². The van der Waals surface area contributed by atoms with Crippen LogP contribution in [0.1, 0.15) is 20.8 Å². The summed E-state index contributed by atoms with van der Waals surface area (Å²) in [6.45, 7) is 5.61. The van der Waals surface area contributed by atoms with E-state index in [-0.39, 0.29) is 12.5 Å². The molecule has 4 heteroatoms. The first-order valence-corrected chi connectivity index (χ1v) is 4.43. The van der Waals surface area contributed by atoms with E-state index in [4.69, 9.17) is 11.6 Å². The molecule has 0 aliphatic rings. The lowest BCUT2D eigenvalue weighted by molar-refractivity contribution is -0.153. The number of esters is 1. The number of carbonyl (C=O) groups excluding carboxylic acids is 1. The quantitative estimate of drug-likeness (QED) is 0.540. The first-order valence-electron chi connectivity index (χ1n) is 3.99. The van der Waals surface area contributed by atoms with E-state index in [9.17, 15) is 9.90 Å². The fourth-order valence-electron chi connectivity index (χ4n) is 0.722. The average Bonchev–Trinajstić information content (AvgIpc) is 2.02. The zero-order valence-electron chi connectivity index (χ0n) is 7.58. The Morgan fingerprint density at radius 3 is 2.42 bits per heavy atom. The van der Waals surface area contributed by atoms with Crippen LogP contribution < -0.4 is 0 Å². The number of alkyl halides is 1. The molecule has 12 heavy (non-hydrogen) atoms. The molecule has 0 amide bonds. The molecule has 1 N–H and O–H groups in total. The van der Waals surface area contributed by atoms with Crippen molar-refractivity contribution in [3.63, 3.8) is 0 Å². The zero-order valence-corrected chi connectivity index (χ0v) is 8.34. The van der Waals surface area contributed by atoms with Gasteiger partial charge >= 0.3 is 5.97 Å². The number of hydrogen-bond acceptors (Lipinski definition) is 3. The summed E-state index contributed by atoms with van der Waals surface area (Å²) >= 11 is 5.75. The Labute approximate surface area is 77.7 Å². The van der Waals surface area contributed by atoms with E-state index in [0.717, 1.165) is 0 Å². The van der Waals surface area contributed by atoms with E-state index in [1.807, 2.05) is 13.8 Å². The van der Waals surface area contributed by atoms with Crippen LogP contribution >= 0.6 is 11.6 Å². The van der Waals surface area contributed by atoms with Crippen LogP contribution in [-0.4, -0.2) is 29.2 Å². The fourth-order valence-corrected chi connectivity index (χ4v) is 0.825. The minimum absolute atomic E-state index is 0.0473. The molecule has 0 fully saturated rings. The van der Waals surface area contributed by atoms with Gasteiger partial charge in [-0.05, 0) is 12.8 Å². The van der Waals surface area contributed by atoms with E-state index < -0.39 is 17.5 Å². The van der Waals surface area contributed by atoms with Crippen molar-refractivity contribution in [2.75, 3.05) is 6.61 Å². The summed E-state index contributed by atoms with van der Waals surface area (Å²) in [4.78, 5) is 10.9. The van der Waals surface area contributed by atoms with Gasteiger partial charge in [0.15, 0.2) is 6.10 Å². The van der Waals surface area contributed by atoms with Crippen LogP contribution in [0.2, 0.25) is 0 Å². The van der Waals surface area contributed by atoms with Crippen molar-refractivity contribution in [1.29, 1.82) is 0 Å². The SMILES string of the molecule is CCOC(=O)[C@H](O)C(Cl)C(C)C. The zero-order chi connectivity index (χ0) is 9.72. The highest BCUT2D eigenvalue weighted by Gasteiger charge is 2.27. The lowest BCUT2D eigenvalue weighted by Crippen LogP contribution is -2.35. The Morgan fingerprint density at radius 1 is 1.58 bits per heavy atom. The molecule has 0 aromatic rings. The van der Waals surface area contributed by atoms with E-state index >= 15 is 0 Å². The van der Waals surface area contributed by atoms with Crippen molar-refractivity contribution in [3.8, 4) is 0 Å². The van der Waals surface area contributed by atoms with Crippen LogP contribution in [0.25, 0.3) is 0 Å². The van der Waals surface area contributed by atoms with Gasteiger partial charge in [0.2, 0.25) is 0 Å². The largest absolute Gasteiger partial charge is 0.464 e. The van der Waals surface area contributed by atoms with Gasteiger partial charge in [0.25, 0.3) is 0 Å². The maximum absolute atomic E-state index is 10.9. The monoisotopic (exact) mass is 194 g/mol. The molecule has 72 valence electrons. The van der Waals surface area contributed by atoms with Crippen molar-refractivity contribution in [2.24, 2.45) is 5.92 Å². The van der Waals surface area contributed by atoms with Gasteiger partial charge in [-0.25, -0.2) is 4.79 Å². The second-order valence-corrected chi connectivity index (χ2v) is 3.39. The molecule has 0 saturated carbocycles. The lowest BCUT2D eigenvalue weighted by atomic mass is 10.1. The molecule has 3 nitrogen and oxygen atoms in total. The molecule has 0 aromatic heterocycles. The van der Waals surface area contributed by atoms with E-state index in [0.29, 0.717) is 0 Å². The molecule has 0 radical (unpaired) electrons. The Balaban J connectivity index is 4.00. The second kappa shape index (κ2) is 5.38. The molecular formula is C8H15ClO3. The normalized spacial score (nSPS) is 15.8. The van der Waals surface area contributed by atoms with Crippen molar-refractivity contribution < 1.29 is 14.6 Å². The minimum atomic E-state index is -1.22. The molecule has 2 atom stereocenters. The third-order valence-corrected chi connectivity index (χ3v) is 2.21.